The molecule has 0 aliphatic carbocycles. The van der Waals surface area contributed by atoms with Crippen LogP contribution >= 0.6 is 15.9 Å². The van der Waals surface area contributed by atoms with Crippen molar-refractivity contribution in [3.05, 3.63) is 0 Å². The summed E-state index contributed by atoms with van der Waals surface area (Å²) in [6, 6.07) is 0. The van der Waals surface area contributed by atoms with E-state index in [2.05, 4.69) is 20.7 Å². The first-order valence-electron chi connectivity index (χ1n) is 5.86. The number of rotatable bonds is 4. The van der Waals surface area contributed by atoms with Crippen molar-refractivity contribution < 1.29 is 22.7 Å². The second-order valence-corrected chi connectivity index (χ2v) is 5.72. The molecule has 1 fully saturated rings. The van der Waals surface area contributed by atoms with Crippen LogP contribution in [0.3, 0.4) is 0 Å². The average molecular weight is 332 g/mol. The highest BCUT2D eigenvalue weighted by Gasteiger charge is 2.28. The summed E-state index contributed by atoms with van der Waals surface area (Å²) in [6.07, 6.45) is -3.45. The van der Waals surface area contributed by atoms with Crippen molar-refractivity contribution in [3.63, 3.8) is 0 Å². The monoisotopic (exact) mass is 331 g/mol. The molecule has 1 aliphatic rings. The van der Waals surface area contributed by atoms with Crippen molar-refractivity contribution >= 4 is 21.8 Å². The number of halogens is 4. The van der Waals surface area contributed by atoms with E-state index in [9.17, 15) is 18.0 Å². The van der Waals surface area contributed by atoms with Gasteiger partial charge in [-0.1, -0.05) is 22.9 Å². The zero-order valence-corrected chi connectivity index (χ0v) is 11.8. The number of hydrogen-bond acceptors (Lipinski definition) is 2. The van der Waals surface area contributed by atoms with Crippen LogP contribution in [0.1, 0.15) is 19.8 Å². The molecule has 7 heteroatoms. The number of piperidine rings is 1. The zero-order chi connectivity index (χ0) is 13.8. The second kappa shape index (κ2) is 6.75. The minimum atomic E-state index is -4.33. The van der Waals surface area contributed by atoms with Crippen LogP contribution in [-0.2, 0) is 9.53 Å². The van der Waals surface area contributed by atoms with Gasteiger partial charge in [-0.05, 0) is 12.3 Å². The molecular formula is C11H17BrF3NO2. The van der Waals surface area contributed by atoms with Crippen molar-refractivity contribution in [3.8, 4) is 0 Å². The lowest BCUT2D eigenvalue weighted by molar-refractivity contribution is -0.175. The van der Waals surface area contributed by atoms with Crippen molar-refractivity contribution in [1.82, 2.24) is 4.90 Å². The lowest BCUT2D eigenvalue weighted by Crippen LogP contribution is -2.43. The molecule has 1 aliphatic heterocycles. The van der Waals surface area contributed by atoms with E-state index in [0.29, 0.717) is 23.8 Å². The van der Waals surface area contributed by atoms with Gasteiger partial charge >= 0.3 is 6.18 Å². The van der Waals surface area contributed by atoms with Crippen LogP contribution in [0.25, 0.3) is 0 Å². The van der Waals surface area contributed by atoms with Crippen molar-refractivity contribution in [2.75, 3.05) is 26.3 Å². The smallest absolute Gasteiger partial charge is 0.372 e. The van der Waals surface area contributed by atoms with Crippen LogP contribution in [-0.4, -0.2) is 48.1 Å². The number of amides is 1. The molecule has 0 aromatic carbocycles. The topological polar surface area (TPSA) is 29.5 Å². The third kappa shape index (κ3) is 5.56. The summed E-state index contributed by atoms with van der Waals surface area (Å²) in [4.78, 5) is 13.8. The fourth-order valence-corrected chi connectivity index (χ4v) is 2.22. The van der Waals surface area contributed by atoms with Gasteiger partial charge in [0.25, 0.3) is 0 Å². The number of likely N-dealkylation sites (tertiary alicyclic amines) is 1. The van der Waals surface area contributed by atoms with Gasteiger partial charge in [0, 0.05) is 17.9 Å². The maximum Gasteiger partial charge on any atom is 0.411 e. The summed E-state index contributed by atoms with van der Waals surface area (Å²) in [6.45, 7) is 1.87. The molecule has 0 saturated carbocycles. The molecule has 0 aromatic heterocycles. The largest absolute Gasteiger partial charge is 0.411 e. The summed E-state index contributed by atoms with van der Waals surface area (Å²) in [5, 5.41) is 0. The van der Waals surface area contributed by atoms with Crippen LogP contribution in [0, 0.1) is 5.92 Å². The second-order valence-electron chi connectivity index (χ2n) is 4.54. The quantitative estimate of drug-likeness (QED) is 0.585. The van der Waals surface area contributed by atoms with Gasteiger partial charge < -0.3 is 9.64 Å². The molecule has 106 valence electrons. The maximum absolute atomic E-state index is 11.8. The van der Waals surface area contributed by atoms with Crippen LogP contribution in [0.4, 0.5) is 13.2 Å². The Kier molecular flexibility index (Phi) is 5.91. The Morgan fingerprint density at radius 1 is 1.50 bits per heavy atom. The predicted octanol–water partition coefficient (Wildman–Crippen LogP) is 2.59. The van der Waals surface area contributed by atoms with E-state index in [0.717, 1.165) is 6.42 Å². The summed E-state index contributed by atoms with van der Waals surface area (Å²) >= 11 is 3.53. The lowest BCUT2D eigenvalue weighted by Gasteiger charge is -2.34. The number of alkyl halides is 4. The first-order chi connectivity index (χ1) is 8.29. The Morgan fingerprint density at radius 2 is 2.17 bits per heavy atom. The molecular weight excluding hydrogens is 315 g/mol. The molecule has 1 heterocycles. The summed E-state index contributed by atoms with van der Waals surface area (Å²) in [5.41, 5.74) is 0. The van der Waals surface area contributed by atoms with Crippen LogP contribution in [0.2, 0.25) is 0 Å². The Hall–Kier alpha value is -0.300. The van der Waals surface area contributed by atoms with Gasteiger partial charge in [0.2, 0.25) is 5.91 Å². The highest BCUT2D eigenvalue weighted by atomic mass is 79.9. The molecule has 2 unspecified atom stereocenters. The van der Waals surface area contributed by atoms with Crippen LogP contribution < -0.4 is 0 Å². The highest BCUT2D eigenvalue weighted by molar-refractivity contribution is 9.09. The summed E-state index contributed by atoms with van der Waals surface area (Å²) < 4.78 is 39.8. The van der Waals surface area contributed by atoms with Gasteiger partial charge in [0.05, 0.1) is 13.0 Å². The molecule has 1 rings (SSSR count). The van der Waals surface area contributed by atoms with Gasteiger partial charge in [-0.2, -0.15) is 13.2 Å². The van der Waals surface area contributed by atoms with E-state index in [4.69, 9.17) is 0 Å². The third-order valence-corrected chi connectivity index (χ3v) is 4.24. The molecule has 2 atom stereocenters. The molecule has 18 heavy (non-hydrogen) atoms. The van der Waals surface area contributed by atoms with Gasteiger partial charge in [0.15, 0.2) is 0 Å². The molecule has 1 saturated heterocycles. The Labute approximate surface area is 113 Å². The Bertz CT molecular complexity index is 286. The highest BCUT2D eigenvalue weighted by Crippen LogP contribution is 2.23. The van der Waals surface area contributed by atoms with Crippen LogP contribution in [0.15, 0.2) is 0 Å². The lowest BCUT2D eigenvalue weighted by atomic mass is 10.00. The fraction of sp³-hybridized carbons (Fsp3) is 0.909. The first kappa shape index (κ1) is 15.8. The normalized spacial score (nSPS) is 25.3. The van der Waals surface area contributed by atoms with Crippen LogP contribution in [0.5, 0.6) is 0 Å². The molecule has 0 bridgehead atoms. The number of hydrogen-bond donors (Lipinski definition) is 0. The molecule has 0 radical (unpaired) electrons. The molecule has 0 N–H and O–H groups in total. The van der Waals surface area contributed by atoms with E-state index in [1.807, 2.05) is 6.92 Å². The molecule has 1 amide bonds. The predicted molar refractivity (Wildman–Crippen MR) is 64.6 cm³/mol. The summed E-state index contributed by atoms with van der Waals surface area (Å²) in [5.74, 6) is 0.224. The number of ether oxygens (including phenoxy) is 1. The standard InChI is InChI=1S/C11H17BrF3NO2/c1-8-6-16(4-2-9(8)12)10(17)3-5-18-7-11(13,14)15/h8-9H,2-7H2,1H3. The van der Waals surface area contributed by atoms with Crippen molar-refractivity contribution in [1.29, 1.82) is 0 Å². The van der Waals surface area contributed by atoms with Gasteiger partial charge in [-0.3, -0.25) is 4.79 Å². The molecule has 0 spiro atoms. The van der Waals surface area contributed by atoms with Crippen molar-refractivity contribution in [2.45, 2.75) is 30.8 Å². The Morgan fingerprint density at radius 3 is 2.72 bits per heavy atom. The fourth-order valence-electron chi connectivity index (χ4n) is 1.85. The van der Waals surface area contributed by atoms with E-state index in [1.54, 1.807) is 4.90 Å². The average Bonchev–Trinajstić information content (AvgIpc) is 2.26. The van der Waals surface area contributed by atoms with E-state index >= 15 is 0 Å². The van der Waals surface area contributed by atoms with E-state index in [1.165, 1.54) is 0 Å². The van der Waals surface area contributed by atoms with Gasteiger partial charge in [-0.15, -0.1) is 0 Å². The molecule has 3 nitrogen and oxygen atoms in total. The van der Waals surface area contributed by atoms with Gasteiger partial charge in [0.1, 0.15) is 6.61 Å². The molecule has 0 aromatic rings. The maximum atomic E-state index is 11.8. The zero-order valence-electron chi connectivity index (χ0n) is 10.2. The third-order valence-electron chi connectivity index (χ3n) is 2.88. The summed E-state index contributed by atoms with van der Waals surface area (Å²) in [7, 11) is 0. The Balaban J connectivity index is 2.21. The van der Waals surface area contributed by atoms with Gasteiger partial charge in [-0.25, -0.2) is 0 Å². The van der Waals surface area contributed by atoms with E-state index in [-0.39, 0.29) is 18.9 Å². The van der Waals surface area contributed by atoms with Crippen molar-refractivity contribution in [2.24, 2.45) is 5.92 Å². The number of nitrogens with zero attached hydrogens (tertiary/aromatic N) is 1. The minimum Gasteiger partial charge on any atom is -0.372 e. The minimum absolute atomic E-state index is 0.00967. The SMILES string of the molecule is CC1CN(C(=O)CCOCC(F)(F)F)CCC1Br. The number of carbonyl (C=O) groups excluding carboxylic acids is 1. The van der Waals surface area contributed by atoms with E-state index < -0.39 is 12.8 Å². The number of carbonyl (C=O) groups is 1. The first-order valence-corrected chi connectivity index (χ1v) is 6.77.